The molecule has 0 saturated carbocycles. The molecule has 0 unspecified atom stereocenters. The van der Waals surface area contributed by atoms with Gasteiger partial charge in [0.1, 0.15) is 10.8 Å². The summed E-state index contributed by atoms with van der Waals surface area (Å²) in [4.78, 5) is 24.0. The van der Waals surface area contributed by atoms with E-state index in [0.717, 1.165) is 5.56 Å². The molecule has 134 valence electrons. The Morgan fingerprint density at radius 1 is 1.12 bits per heavy atom. The highest BCUT2D eigenvalue weighted by molar-refractivity contribution is 6.41. The average Bonchev–Trinajstić information content (AvgIpc) is 2.86. The summed E-state index contributed by atoms with van der Waals surface area (Å²) in [6, 6.07) is 7.88. The van der Waals surface area contributed by atoms with Crippen LogP contribution in [0.5, 0.6) is 0 Å². The lowest BCUT2D eigenvalue weighted by atomic mass is 9.95. The summed E-state index contributed by atoms with van der Waals surface area (Å²) in [6.07, 6.45) is 0. The number of hydroxylamine groups is 1. The van der Waals surface area contributed by atoms with Crippen molar-refractivity contribution in [2.75, 3.05) is 0 Å². The maximum absolute atomic E-state index is 12.6. The fourth-order valence-electron chi connectivity index (χ4n) is 2.52. The summed E-state index contributed by atoms with van der Waals surface area (Å²) >= 11 is 12.0. The number of carbonyl (C=O) groups is 2. The Kier molecular flexibility index (Phi) is 6.11. The number of halogens is 2. The molecular formula is C17H19Cl2N3O3. The van der Waals surface area contributed by atoms with E-state index in [0.29, 0.717) is 21.4 Å². The second-order valence-corrected chi connectivity index (χ2v) is 6.75. The Balaban J connectivity index is 2.25. The third-order valence-electron chi connectivity index (χ3n) is 3.94. The Hall–Kier alpha value is -2.02. The zero-order chi connectivity index (χ0) is 18.7. The number of benzene rings is 1. The number of carbonyl (C=O) groups excluding carboxylic acids is 2. The lowest BCUT2D eigenvalue weighted by Gasteiger charge is -2.23. The SMILES string of the molecule is CC(C)[C@@H](NC(=O)c1cc(Cl)c(Cl)n1C)c1ccc(C(=O)NO)cc1. The summed E-state index contributed by atoms with van der Waals surface area (Å²) in [6.45, 7) is 3.95. The van der Waals surface area contributed by atoms with Gasteiger partial charge >= 0.3 is 0 Å². The highest BCUT2D eigenvalue weighted by Gasteiger charge is 2.22. The molecule has 2 amide bonds. The van der Waals surface area contributed by atoms with Crippen molar-refractivity contribution < 1.29 is 14.8 Å². The van der Waals surface area contributed by atoms with Gasteiger partial charge in [-0.3, -0.25) is 14.8 Å². The summed E-state index contributed by atoms with van der Waals surface area (Å²) in [5.41, 5.74) is 3.10. The van der Waals surface area contributed by atoms with Crippen molar-refractivity contribution in [2.24, 2.45) is 13.0 Å². The predicted octanol–water partition coefficient (Wildman–Crippen LogP) is 3.58. The standard InChI is InChI=1S/C17H19Cl2N3O3/c1-9(2)14(10-4-6-11(7-5-10)16(23)21-25)20-17(24)13-8-12(18)15(19)22(13)3/h4-9,14,25H,1-3H3,(H,20,24)(H,21,23)/t14-/m1/s1. The number of nitrogens with zero attached hydrogens (tertiary/aromatic N) is 1. The largest absolute Gasteiger partial charge is 0.344 e. The first-order valence-corrected chi connectivity index (χ1v) is 8.37. The number of aromatic nitrogens is 1. The van der Waals surface area contributed by atoms with Gasteiger partial charge in [-0.2, -0.15) is 0 Å². The Bertz CT molecular complexity index is 785. The van der Waals surface area contributed by atoms with Crippen LogP contribution in [0.15, 0.2) is 30.3 Å². The van der Waals surface area contributed by atoms with Crippen LogP contribution in [0.4, 0.5) is 0 Å². The molecule has 0 aliphatic carbocycles. The molecule has 2 rings (SSSR count). The van der Waals surface area contributed by atoms with Crippen LogP contribution in [0.3, 0.4) is 0 Å². The van der Waals surface area contributed by atoms with Crippen molar-refractivity contribution in [3.05, 3.63) is 57.3 Å². The lowest BCUT2D eigenvalue weighted by molar-refractivity contribution is 0.0706. The molecule has 1 aromatic heterocycles. The number of hydrogen-bond donors (Lipinski definition) is 3. The Morgan fingerprint density at radius 3 is 2.16 bits per heavy atom. The van der Waals surface area contributed by atoms with Gasteiger partial charge in [0.2, 0.25) is 0 Å². The van der Waals surface area contributed by atoms with Crippen molar-refractivity contribution in [3.8, 4) is 0 Å². The van der Waals surface area contributed by atoms with Gasteiger partial charge in [0.05, 0.1) is 11.1 Å². The maximum atomic E-state index is 12.6. The molecule has 0 spiro atoms. The van der Waals surface area contributed by atoms with Gasteiger partial charge < -0.3 is 9.88 Å². The van der Waals surface area contributed by atoms with Crippen LogP contribution in [0.2, 0.25) is 10.2 Å². The number of nitrogens with one attached hydrogen (secondary N) is 2. The molecule has 25 heavy (non-hydrogen) atoms. The fraction of sp³-hybridized carbons (Fsp3) is 0.294. The first-order chi connectivity index (χ1) is 11.8. The van der Waals surface area contributed by atoms with Gasteiger partial charge in [0, 0.05) is 12.6 Å². The van der Waals surface area contributed by atoms with Crippen LogP contribution in [0.1, 0.15) is 46.3 Å². The molecule has 8 heteroatoms. The van der Waals surface area contributed by atoms with E-state index in [-0.39, 0.29) is 17.9 Å². The van der Waals surface area contributed by atoms with Crippen LogP contribution in [0.25, 0.3) is 0 Å². The van der Waals surface area contributed by atoms with E-state index in [2.05, 4.69) is 5.32 Å². The highest BCUT2D eigenvalue weighted by atomic mass is 35.5. The van der Waals surface area contributed by atoms with Gasteiger partial charge in [-0.15, -0.1) is 0 Å². The molecule has 1 heterocycles. The van der Waals surface area contributed by atoms with Crippen LogP contribution in [-0.4, -0.2) is 21.6 Å². The van der Waals surface area contributed by atoms with E-state index in [9.17, 15) is 9.59 Å². The van der Waals surface area contributed by atoms with Crippen molar-refractivity contribution in [1.82, 2.24) is 15.4 Å². The first-order valence-electron chi connectivity index (χ1n) is 7.62. The quantitative estimate of drug-likeness (QED) is 0.544. The minimum atomic E-state index is -0.593. The van der Waals surface area contributed by atoms with Gasteiger partial charge in [-0.05, 0) is 29.7 Å². The number of rotatable bonds is 5. The molecule has 0 radical (unpaired) electrons. The summed E-state index contributed by atoms with van der Waals surface area (Å²) in [5.74, 6) is -0.787. The third-order valence-corrected chi connectivity index (χ3v) is 4.78. The average molecular weight is 384 g/mol. The minimum Gasteiger partial charge on any atom is -0.344 e. The zero-order valence-corrected chi connectivity index (χ0v) is 15.5. The van der Waals surface area contributed by atoms with Gasteiger partial charge in [-0.1, -0.05) is 49.2 Å². The van der Waals surface area contributed by atoms with Crippen molar-refractivity contribution in [1.29, 1.82) is 0 Å². The van der Waals surface area contributed by atoms with E-state index in [4.69, 9.17) is 28.4 Å². The molecule has 0 bridgehead atoms. The Morgan fingerprint density at radius 2 is 1.72 bits per heavy atom. The third kappa shape index (κ3) is 4.15. The van der Waals surface area contributed by atoms with Gasteiger partial charge in [0.25, 0.3) is 11.8 Å². The van der Waals surface area contributed by atoms with E-state index < -0.39 is 5.91 Å². The molecule has 0 fully saturated rings. The lowest BCUT2D eigenvalue weighted by Crippen LogP contribution is -2.33. The summed E-state index contributed by atoms with van der Waals surface area (Å²) in [7, 11) is 1.66. The van der Waals surface area contributed by atoms with Gasteiger partial charge in [0.15, 0.2) is 0 Å². The molecule has 0 aliphatic rings. The monoisotopic (exact) mass is 383 g/mol. The molecule has 1 atom stereocenters. The molecular weight excluding hydrogens is 365 g/mol. The molecule has 2 aromatic rings. The maximum Gasteiger partial charge on any atom is 0.274 e. The normalized spacial score (nSPS) is 12.1. The molecule has 0 aliphatic heterocycles. The smallest absolute Gasteiger partial charge is 0.274 e. The van der Waals surface area contributed by atoms with Crippen molar-refractivity contribution in [2.45, 2.75) is 19.9 Å². The van der Waals surface area contributed by atoms with Crippen molar-refractivity contribution in [3.63, 3.8) is 0 Å². The molecule has 6 nitrogen and oxygen atoms in total. The van der Waals surface area contributed by atoms with Crippen LogP contribution < -0.4 is 10.8 Å². The second kappa shape index (κ2) is 7.91. The molecule has 3 N–H and O–H groups in total. The first kappa shape index (κ1) is 19.3. The highest BCUT2D eigenvalue weighted by Crippen LogP contribution is 2.27. The fourth-order valence-corrected chi connectivity index (χ4v) is 2.89. The topological polar surface area (TPSA) is 83.4 Å². The zero-order valence-electron chi connectivity index (χ0n) is 14.0. The van der Waals surface area contributed by atoms with E-state index >= 15 is 0 Å². The second-order valence-electron chi connectivity index (χ2n) is 5.99. The van der Waals surface area contributed by atoms with Crippen molar-refractivity contribution >= 4 is 35.0 Å². The van der Waals surface area contributed by atoms with Crippen LogP contribution >= 0.6 is 23.2 Å². The Labute approximate surface area is 155 Å². The van der Waals surface area contributed by atoms with E-state index in [1.165, 1.54) is 10.6 Å². The van der Waals surface area contributed by atoms with Crippen LogP contribution in [-0.2, 0) is 7.05 Å². The predicted molar refractivity (Wildman–Crippen MR) is 96.2 cm³/mol. The molecule has 1 aromatic carbocycles. The summed E-state index contributed by atoms with van der Waals surface area (Å²) in [5, 5.41) is 12.2. The van der Waals surface area contributed by atoms with Crippen LogP contribution in [0, 0.1) is 5.92 Å². The van der Waals surface area contributed by atoms with E-state index in [1.54, 1.807) is 36.8 Å². The number of hydrogen-bond acceptors (Lipinski definition) is 3. The van der Waals surface area contributed by atoms with E-state index in [1.807, 2.05) is 13.8 Å². The van der Waals surface area contributed by atoms with Gasteiger partial charge in [-0.25, -0.2) is 5.48 Å². The number of amides is 2. The summed E-state index contributed by atoms with van der Waals surface area (Å²) < 4.78 is 1.52. The molecule has 0 saturated heterocycles. The minimum absolute atomic E-state index is 0.104.